The van der Waals surface area contributed by atoms with Gasteiger partial charge in [0.25, 0.3) is 0 Å². The molecule has 0 aromatic heterocycles. The van der Waals surface area contributed by atoms with E-state index in [1.807, 2.05) is 0 Å². The smallest absolute Gasteiger partial charge is 0.197 e. The lowest BCUT2D eigenvalue weighted by atomic mass is 10.4. The van der Waals surface area contributed by atoms with Crippen molar-refractivity contribution in [2.75, 3.05) is 11.6 Å². The molecule has 0 amide bonds. The Morgan fingerprint density at radius 2 is 2.00 bits per heavy atom. The Balaban J connectivity index is 3.28. The van der Waals surface area contributed by atoms with Crippen LogP contribution in [0.3, 0.4) is 0 Å². The van der Waals surface area contributed by atoms with Crippen LogP contribution in [0.15, 0.2) is 0 Å². The highest BCUT2D eigenvalue weighted by molar-refractivity contribution is 9.09. The predicted octanol–water partition coefficient (Wildman–Crippen LogP) is 2.94. The first-order valence-electron chi connectivity index (χ1n) is 3.82. The van der Waals surface area contributed by atoms with Crippen molar-refractivity contribution in [1.82, 2.24) is 0 Å². The first-order valence-corrected chi connectivity index (χ1v) is 8.06. The van der Waals surface area contributed by atoms with Gasteiger partial charge < -0.3 is 4.43 Å². The van der Waals surface area contributed by atoms with Crippen molar-refractivity contribution in [3.05, 3.63) is 0 Å². The second kappa shape index (κ2) is 5.33. The maximum absolute atomic E-state index is 5.71. The van der Waals surface area contributed by atoms with Gasteiger partial charge in [-0.15, -0.1) is 0 Å². The molecule has 0 aliphatic heterocycles. The van der Waals surface area contributed by atoms with Crippen molar-refractivity contribution in [3.8, 4) is 0 Å². The monoisotopic (exact) mass is 224 g/mol. The van der Waals surface area contributed by atoms with E-state index in [0.29, 0.717) is 0 Å². The molecule has 0 saturated carbocycles. The van der Waals surface area contributed by atoms with Crippen LogP contribution in [0.1, 0.15) is 19.8 Å². The van der Waals surface area contributed by atoms with Crippen molar-refractivity contribution in [3.63, 3.8) is 0 Å². The van der Waals surface area contributed by atoms with Crippen LogP contribution >= 0.6 is 15.9 Å². The molecule has 3 heteroatoms. The van der Waals surface area contributed by atoms with Crippen molar-refractivity contribution < 1.29 is 4.43 Å². The van der Waals surface area contributed by atoms with Gasteiger partial charge in [0, 0.05) is 11.6 Å². The highest BCUT2D eigenvalue weighted by Crippen LogP contribution is 2.08. The molecule has 0 bridgehead atoms. The standard InChI is InChI=1S/C7H17BrOSi/c1-4-5-6-9-10(2,3)7-8/h4-7H2,1-3H3. The Morgan fingerprint density at radius 1 is 1.40 bits per heavy atom. The van der Waals surface area contributed by atoms with Crippen LogP contribution in [0.4, 0.5) is 0 Å². The molecule has 0 aromatic rings. The number of hydrogen-bond donors (Lipinski definition) is 0. The van der Waals surface area contributed by atoms with E-state index in [2.05, 4.69) is 35.9 Å². The van der Waals surface area contributed by atoms with E-state index in [4.69, 9.17) is 4.43 Å². The topological polar surface area (TPSA) is 9.23 Å². The summed E-state index contributed by atoms with van der Waals surface area (Å²) >= 11 is 3.46. The summed E-state index contributed by atoms with van der Waals surface area (Å²) < 4.78 is 5.71. The molecular formula is C7H17BrOSi. The summed E-state index contributed by atoms with van der Waals surface area (Å²) in [5.74, 6) is 0. The van der Waals surface area contributed by atoms with Gasteiger partial charge >= 0.3 is 0 Å². The summed E-state index contributed by atoms with van der Waals surface area (Å²) in [5.41, 5.74) is 0. The summed E-state index contributed by atoms with van der Waals surface area (Å²) in [4.78, 5) is 1.05. The SMILES string of the molecule is CCCCO[Si](C)(C)CBr. The minimum absolute atomic E-state index is 0.946. The molecule has 0 heterocycles. The predicted molar refractivity (Wildman–Crippen MR) is 52.1 cm³/mol. The molecule has 0 spiro atoms. The van der Waals surface area contributed by atoms with Gasteiger partial charge in [-0.1, -0.05) is 29.3 Å². The molecule has 0 radical (unpaired) electrons. The molecule has 0 saturated heterocycles. The zero-order valence-electron chi connectivity index (χ0n) is 7.11. The molecule has 0 aliphatic carbocycles. The Kier molecular flexibility index (Phi) is 5.68. The normalized spacial score (nSPS) is 12.0. The number of unbranched alkanes of at least 4 members (excludes halogenated alkanes) is 1. The van der Waals surface area contributed by atoms with Crippen LogP contribution in [0.5, 0.6) is 0 Å². The van der Waals surface area contributed by atoms with E-state index in [1.165, 1.54) is 12.8 Å². The third-order valence-electron chi connectivity index (χ3n) is 1.31. The average Bonchev–Trinajstić information content (AvgIpc) is 1.89. The van der Waals surface area contributed by atoms with Crippen LogP contribution in [0.25, 0.3) is 0 Å². The number of halogens is 1. The van der Waals surface area contributed by atoms with Gasteiger partial charge in [-0.05, 0) is 19.5 Å². The minimum Gasteiger partial charge on any atom is -0.417 e. The van der Waals surface area contributed by atoms with Gasteiger partial charge in [0.2, 0.25) is 0 Å². The first kappa shape index (κ1) is 10.7. The molecular weight excluding hydrogens is 208 g/mol. The lowest BCUT2D eigenvalue weighted by Gasteiger charge is -2.19. The summed E-state index contributed by atoms with van der Waals surface area (Å²) in [6.45, 7) is 7.60. The number of hydrogen-bond acceptors (Lipinski definition) is 1. The van der Waals surface area contributed by atoms with Crippen molar-refractivity contribution >= 4 is 24.2 Å². The maximum Gasteiger partial charge on any atom is 0.197 e. The van der Waals surface area contributed by atoms with Crippen LogP contribution in [-0.4, -0.2) is 19.9 Å². The van der Waals surface area contributed by atoms with Gasteiger partial charge in [0.05, 0.1) is 0 Å². The molecule has 0 rings (SSSR count). The summed E-state index contributed by atoms with van der Waals surface area (Å²) in [6, 6.07) is 0. The van der Waals surface area contributed by atoms with Gasteiger partial charge in [0.1, 0.15) is 0 Å². The molecule has 0 atom stereocenters. The van der Waals surface area contributed by atoms with Crippen LogP contribution in [0, 0.1) is 0 Å². The molecule has 0 aromatic carbocycles. The zero-order valence-corrected chi connectivity index (χ0v) is 9.70. The molecule has 0 aliphatic rings. The lowest BCUT2D eigenvalue weighted by Crippen LogP contribution is -2.33. The Labute approximate surface area is 73.4 Å². The van der Waals surface area contributed by atoms with Crippen molar-refractivity contribution in [2.45, 2.75) is 32.9 Å². The van der Waals surface area contributed by atoms with Gasteiger partial charge in [-0.25, -0.2) is 0 Å². The maximum atomic E-state index is 5.71. The Hall–Kier alpha value is 0.657. The van der Waals surface area contributed by atoms with E-state index >= 15 is 0 Å². The fourth-order valence-electron chi connectivity index (χ4n) is 0.531. The zero-order chi connectivity index (χ0) is 8.04. The second-order valence-electron chi connectivity index (χ2n) is 3.10. The number of alkyl halides is 1. The van der Waals surface area contributed by atoms with E-state index in [1.54, 1.807) is 0 Å². The molecule has 0 N–H and O–H groups in total. The van der Waals surface area contributed by atoms with Crippen molar-refractivity contribution in [2.24, 2.45) is 0 Å². The molecule has 62 valence electrons. The van der Waals surface area contributed by atoms with Crippen LogP contribution in [-0.2, 0) is 4.43 Å². The quantitative estimate of drug-likeness (QED) is 0.397. The van der Waals surface area contributed by atoms with E-state index in [-0.39, 0.29) is 0 Å². The third kappa shape index (κ3) is 5.44. The largest absolute Gasteiger partial charge is 0.417 e. The minimum atomic E-state index is -1.30. The van der Waals surface area contributed by atoms with Gasteiger partial charge in [0.15, 0.2) is 8.32 Å². The average molecular weight is 225 g/mol. The van der Waals surface area contributed by atoms with E-state index < -0.39 is 8.32 Å². The van der Waals surface area contributed by atoms with E-state index in [9.17, 15) is 0 Å². The fraction of sp³-hybridized carbons (Fsp3) is 1.00. The Bertz CT molecular complexity index is 85.7. The first-order chi connectivity index (χ1) is 4.62. The third-order valence-corrected chi connectivity index (χ3v) is 6.99. The molecule has 0 unspecified atom stereocenters. The van der Waals surface area contributed by atoms with Crippen molar-refractivity contribution in [1.29, 1.82) is 0 Å². The lowest BCUT2D eigenvalue weighted by molar-refractivity contribution is 0.303. The summed E-state index contributed by atoms with van der Waals surface area (Å²) in [5, 5.41) is 0. The van der Waals surface area contributed by atoms with E-state index in [0.717, 1.165) is 11.6 Å². The summed E-state index contributed by atoms with van der Waals surface area (Å²) in [7, 11) is -1.30. The molecule has 10 heavy (non-hydrogen) atoms. The second-order valence-corrected chi connectivity index (χ2v) is 8.85. The highest BCUT2D eigenvalue weighted by atomic mass is 79.9. The van der Waals surface area contributed by atoms with Gasteiger partial charge in [-0.3, -0.25) is 0 Å². The molecule has 1 nitrogen and oxygen atoms in total. The summed E-state index contributed by atoms with van der Waals surface area (Å²) in [6.07, 6.45) is 2.43. The van der Waals surface area contributed by atoms with Crippen LogP contribution in [0.2, 0.25) is 13.1 Å². The highest BCUT2D eigenvalue weighted by Gasteiger charge is 2.19. The van der Waals surface area contributed by atoms with Crippen LogP contribution < -0.4 is 0 Å². The molecule has 0 fully saturated rings. The number of rotatable bonds is 5. The fourth-order valence-corrected chi connectivity index (χ4v) is 1.79. The van der Waals surface area contributed by atoms with Gasteiger partial charge in [-0.2, -0.15) is 0 Å². The Morgan fingerprint density at radius 3 is 2.40 bits per heavy atom.